The Balaban J connectivity index is 3.64. The van der Waals surface area contributed by atoms with Crippen LogP contribution in [0.3, 0.4) is 0 Å². The molecule has 0 bridgehead atoms. The highest BCUT2D eigenvalue weighted by atomic mass is 16.4. The SMILES string of the molecule is CN(C)CCNC(=O)C(N)CCC(=O)O. The van der Waals surface area contributed by atoms with Crippen molar-refractivity contribution in [1.82, 2.24) is 10.2 Å². The molecule has 0 saturated carbocycles. The zero-order valence-electron chi connectivity index (χ0n) is 9.19. The Labute approximate surface area is 89.4 Å². The van der Waals surface area contributed by atoms with E-state index in [0.29, 0.717) is 6.54 Å². The number of carboxylic acids is 1. The fourth-order valence-corrected chi connectivity index (χ4v) is 0.944. The first-order valence-electron chi connectivity index (χ1n) is 4.83. The van der Waals surface area contributed by atoms with Crippen LogP contribution in [0.2, 0.25) is 0 Å². The summed E-state index contributed by atoms with van der Waals surface area (Å²) in [6.45, 7) is 1.25. The van der Waals surface area contributed by atoms with Gasteiger partial charge in [-0.1, -0.05) is 0 Å². The van der Waals surface area contributed by atoms with Gasteiger partial charge in [0, 0.05) is 19.5 Å². The van der Waals surface area contributed by atoms with E-state index < -0.39 is 12.0 Å². The highest BCUT2D eigenvalue weighted by Gasteiger charge is 2.13. The van der Waals surface area contributed by atoms with Crippen LogP contribution in [0.5, 0.6) is 0 Å². The lowest BCUT2D eigenvalue weighted by molar-refractivity contribution is -0.137. The number of carbonyl (C=O) groups is 2. The fourth-order valence-electron chi connectivity index (χ4n) is 0.944. The fraction of sp³-hybridized carbons (Fsp3) is 0.778. The molecule has 0 aromatic carbocycles. The lowest BCUT2D eigenvalue weighted by Crippen LogP contribution is -2.43. The van der Waals surface area contributed by atoms with Gasteiger partial charge < -0.3 is 21.1 Å². The predicted octanol–water partition coefficient (Wildman–Crippen LogP) is -1.14. The highest BCUT2D eigenvalue weighted by molar-refractivity contribution is 5.82. The molecule has 88 valence electrons. The Hall–Kier alpha value is -1.14. The highest BCUT2D eigenvalue weighted by Crippen LogP contribution is 1.94. The summed E-state index contributed by atoms with van der Waals surface area (Å²) in [6, 6.07) is -0.733. The summed E-state index contributed by atoms with van der Waals surface area (Å²) >= 11 is 0. The molecule has 1 unspecified atom stereocenters. The van der Waals surface area contributed by atoms with Crippen LogP contribution in [0.4, 0.5) is 0 Å². The zero-order chi connectivity index (χ0) is 11.8. The first-order chi connectivity index (χ1) is 6.93. The normalized spacial score (nSPS) is 12.5. The Morgan fingerprint density at radius 2 is 2.07 bits per heavy atom. The van der Waals surface area contributed by atoms with Gasteiger partial charge in [-0.2, -0.15) is 0 Å². The van der Waals surface area contributed by atoms with E-state index in [9.17, 15) is 9.59 Å². The number of nitrogens with two attached hydrogens (primary N) is 1. The third-order valence-corrected chi connectivity index (χ3v) is 1.86. The van der Waals surface area contributed by atoms with E-state index in [0.717, 1.165) is 6.54 Å². The standard InChI is InChI=1S/C9H19N3O3/c1-12(2)6-5-11-9(15)7(10)3-4-8(13)14/h7H,3-6,10H2,1-2H3,(H,11,15)(H,13,14). The average Bonchev–Trinajstić information content (AvgIpc) is 2.13. The molecule has 4 N–H and O–H groups in total. The Morgan fingerprint density at radius 1 is 1.47 bits per heavy atom. The van der Waals surface area contributed by atoms with E-state index in [1.807, 2.05) is 19.0 Å². The number of aliphatic carboxylic acids is 1. The molecule has 0 spiro atoms. The summed E-state index contributed by atoms with van der Waals surface area (Å²) in [5.41, 5.74) is 5.49. The molecule has 1 amide bonds. The van der Waals surface area contributed by atoms with Crippen molar-refractivity contribution in [2.75, 3.05) is 27.2 Å². The first-order valence-corrected chi connectivity index (χ1v) is 4.83. The topological polar surface area (TPSA) is 95.7 Å². The van der Waals surface area contributed by atoms with E-state index >= 15 is 0 Å². The number of likely N-dealkylation sites (N-methyl/N-ethyl adjacent to an activating group) is 1. The second-order valence-corrected chi connectivity index (χ2v) is 3.63. The predicted molar refractivity (Wildman–Crippen MR) is 56.4 cm³/mol. The van der Waals surface area contributed by atoms with Crippen molar-refractivity contribution in [2.24, 2.45) is 5.73 Å². The summed E-state index contributed by atoms with van der Waals surface area (Å²) in [4.78, 5) is 23.5. The van der Waals surface area contributed by atoms with Crippen LogP contribution in [-0.4, -0.2) is 55.1 Å². The van der Waals surface area contributed by atoms with Crippen molar-refractivity contribution in [2.45, 2.75) is 18.9 Å². The number of amides is 1. The van der Waals surface area contributed by atoms with Crippen LogP contribution in [-0.2, 0) is 9.59 Å². The number of hydrogen-bond donors (Lipinski definition) is 3. The van der Waals surface area contributed by atoms with Crippen LogP contribution in [0.15, 0.2) is 0 Å². The van der Waals surface area contributed by atoms with Gasteiger partial charge in [0.05, 0.1) is 6.04 Å². The van der Waals surface area contributed by atoms with Gasteiger partial charge >= 0.3 is 5.97 Å². The smallest absolute Gasteiger partial charge is 0.303 e. The van der Waals surface area contributed by atoms with E-state index in [-0.39, 0.29) is 18.7 Å². The number of nitrogens with zero attached hydrogens (tertiary/aromatic N) is 1. The molecule has 6 nitrogen and oxygen atoms in total. The summed E-state index contributed by atoms with van der Waals surface area (Å²) in [7, 11) is 3.80. The molecule has 0 aromatic heterocycles. The molecule has 0 fully saturated rings. The maximum atomic E-state index is 11.3. The van der Waals surface area contributed by atoms with Gasteiger partial charge in [-0.25, -0.2) is 0 Å². The Kier molecular flexibility index (Phi) is 6.64. The summed E-state index contributed by atoms with van der Waals surface area (Å²) in [6.07, 6.45) is 0.0887. The molecular weight excluding hydrogens is 198 g/mol. The molecule has 0 rings (SSSR count). The number of carboxylic acid groups (broad SMARTS) is 1. The maximum Gasteiger partial charge on any atom is 0.303 e. The molecule has 6 heteroatoms. The van der Waals surface area contributed by atoms with E-state index in [1.54, 1.807) is 0 Å². The van der Waals surface area contributed by atoms with Crippen LogP contribution >= 0.6 is 0 Å². The van der Waals surface area contributed by atoms with E-state index in [2.05, 4.69) is 5.32 Å². The van der Waals surface area contributed by atoms with Crippen LogP contribution < -0.4 is 11.1 Å². The molecular formula is C9H19N3O3. The van der Waals surface area contributed by atoms with E-state index in [4.69, 9.17) is 10.8 Å². The van der Waals surface area contributed by atoms with Crippen LogP contribution in [0.25, 0.3) is 0 Å². The molecule has 0 saturated heterocycles. The van der Waals surface area contributed by atoms with Gasteiger partial charge in [-0.05, 0) is 20.5 Å². The third kappa shape index (κ3) is 7.90. The molecule has 0 radical (unpaired) electrons. The van der Waals surface area contributed by atoms with Crippen LogP contribution in [0.1, 0.15) is 12.8 Å². The molecule has 0 aromatic rings. The van der Waals surface area contributed by atoms with Crippen molar-refractivity contribution in [3.8, 4) is 0 Å². The lowest BCUT2D eigenvalue weighted by atomic mass is 10.1. The van der Waals surface area contributed by atoms with Gasteiger partial charge in [0.15, 0.2) is 0 Å². The molecule has 0 heterocycles. The molecule has 15 heavy (non-hydrogen) atoms. The largest absolute Gasteiger partial charge is 0.481 e. The zero-order valence-corrected chi connectivity index (χ0v) is 9.19. The Bertz CT molecular complexity index is 219. The molecule has 0 aliphatic rings. The Morgan fingerprint density at radius 3 is 2.53 bits per heavy atom. The average molecular weight is 217 g/mol. The minimum Gasteiger partial charge on any atom is -0.481 e. The van der Waals surface area contributed by atoms with Gasteiger partial charge in [-0.3, -0.25) is 9.59 Å². The number of hydrogen-bond acceptors (Lipinski definition) is 4. The van der Waals surface area contributed by atoms with Gasteiger partial charge in [0.1, 0.15) is 0 Å². The summed E-state index contributed by atoms with van der Waals surface area (Å²) in [5.74, 6) is -1.23. The van der Waals surface area contributed by atoms with Crippen LogP contribution in [0, 0.1) is 0 Å². The third-order valence-electron chi connectivity index (χ3n) is 1.86. The number of rotatable bonds is 7. The quantitative estimate of drug-likeness (QED) is 0.501. The summed E-state index contributed by atoms with van der Waals surface area (Å²) in [5, 5.41) is 11.0. The first kappa shape index (κ1) is 13.9. The van der Waals surface area contributed by atoms with Crippen molar-refractivity contribution in [1.29, 1.82) is 0 Å². The minimum absolute atomic E-state index is 0.0811. The van der Waals surface area contributed by atoms with Crippen molar-refractivity contribution >= 4 is 11.9 Å². The summed E-state index contributed by atoms with van der Waals surface area (Å²) < 4.78 is 0. The van der Waals surface area contributed by atoms with E-state index in [1.165, 1.54) is 0 Å². The lowest BCUT2D eigenvalue weighted by Gasteiger charge is -2.13. The van der Waals surface area contributed by atoms with Crippen molar-refractivity contribution in [3.05, 3.63) is 0 Å². The second kappa shape index (κ2) is 7.19. The van der Waals surface area contributed by atoms with Crippen molar-refractivity contribution < 1.29 is 14.7 Å². The van der Waals surface area contributed by atoms with Crippen molar-refractivity contribution in [3.63, 3.8) is 0 Å². The monoisotopic (exact) mass is 217 g/mol. The maximum absolute atomic E-state index is 11.3. The van der Waals surface area contributed by atoms with Gasteiger partial charge in [0.2, 0.25) is 5.91 Å². The number of nitrogens with one attached hydrogen (secondary N) is 1. The molecule has 0 aliphatic carbocycles. The molecule has 1 atom stereocenters. The second-order valence-electron chi connectivity index (χ2n) is 3.63. The minimum atomic E-state index is -0.938. The van der Waals surface area contributed by atoms with Gasteiger partial charge in [0.25, 0.3) is 0 Å². The van der Waals surface area contributed by atoms with Gasteiger partial charge in [-0.15, -0.1) is 0 Å². The molecule has 0 aliphatic heterocycles. The number of carbonyl (C=O) groups excluding carboxylic acids is 1.